The lowest BCUT2D eigenvalue weighted by Gasteiger charge is -2.11. The van der Waals surface area contributed by atoms with Crippen LogP contribution in [0.4, 0.5) is 0 Å². The zero-order valence-corrected chi connectivity index (χ0v) is 12.6. The summed E-state index contributed by atoms with van der Waals surface area (Å²) in [6, 6.07) is 9.49. The van der Waals surface area contributed by atoms with Crippen molar-refractivity contribution in [3.05, 3.63) is 41.3 Å². The molecule has 3 aromatic rings. The van der Waals surface area contributed by atoms with Crippen molar-refractivity contribution in [2.75, 3.05) is 0 Å². The lowest BCUT2D eigenvalue weighted by atomic mass is 10.2. The van der Waals surface area contributed by atoms with Crippen molar-refractivity contribution in [3.8, 4) is 17.5 Å². The molecule has 0 fully saturated rings. The molecule has 2 heterocycles. The molecule has 0 aliphatic heterocycles. The van der Waals surface area contributed by atoms with Gasteiger partial charge in [0.1, 0.15) is 5.82 Å². The SMILES string of the molecule is CC(C)Cn1c(-c2ccoc2Cl)nc2cc(C#N)ccc21. The fraction of sp³-hybridized carbons (Fsp3) is 0.250. The van der Waals surface area contributed by atoms with Gasteiger partial charge in [0.05, 0.1) is 34.5 Å². The maximum atomic E-state index is 9.03. The van der Waals surface area contributed by atoms with E-state index < -0.39 is 0 Å². The Balaban J connectivity index is 2.27. The average molecular weight is 300 g/mol. The van der Waals surface area contributed by atoms with E-state index in [1.165, 1.54) is 0 Å². The second-order valence-corrected chi connectivity index (χ2v) is 5.71. The van der Waals surface area contributed by atoms with Gasteiger partial charge in [-0.3, -0.25) is 0 Å². The van der Waals surface area contributed by atoms with Crippen LogP contribution in [0.25, 0.3) is 22.4 Å². The fourth-order valence-electron chi connectivity index (χ4n) is 2.41. The molecule has 0 saturated heterocycles. The lowest BCUT2D eigenvalue weighted by Crippen LogP contribution is -2.06. The van der Waals surface area contributed by atoms with E-state index in [4.69, 9.17) is 21.3 Å². The third-order valence-corrected chi connectivity index (χ3v) is 3.58. The van der Waals surface area contributed by atoms with Gasteiger partial charge in [-0.25, -0.2) is 4.98 Å². The molecule has 1 aromatic carbocycles. The minimum Gasteiger partial charge on any atom is -0.452 e. The van der Waals surface area contributed by atoms with Gasteiger partial charge in [-0.1, -0.05) is 13.8 Å². The summed E-state index contributed by atoms with van der Waals surface area (Å²) in [5.41, 5.74) is 3.16. The molecule has 0 unspecified atom stereocenters. The van der Waals surface area contributed by atoms with Crippen LogP contribution in [0, 0.1) is 17.2 Å². The number of hydrogen-bond acceptors (Lipinski definition) is 3. The molecule has 0 aliphatic rings. The highest BCUT2D eigenvalue weighted by Gasteiger charge is 2.17. The minimum absolute atomic E-state index is 0.329. The predicted molar refractivity (Wildman–Crippen MR) is 82.0 cm³/mol. The van der Waals surface area contributed by atoms with E-state index in [0.29, 0.717) is 16.7 Å². The maximum absolute atomic E-state index is 9.03. The average Bonchev–Trinajstić information content (AvgIpc) is 3.02. The van der Waals surface area contributed by atoms with E-state index in [-0.39, 0.29) is 0 Å². The molecule has 106 valence electrons. The predicted octanol–water partition coefficient (Wildman–Crippen LogP) is 4.48. The molecule has 0 radical (unpaired) electrons. The monoisotopic (exact) mass is 299 g/mol. The van der Waals surface area contributed by atoms with Crippen LogP contribution < -0.4 is 0 Å². The quantitative estimate of drug-likeness (QED) is 0.716. The van der Waals surface area contributed by atoms with E-state index in [2.05, 4.69) is 29.5 Å². The largest absolute Gasteiger partial charge is 0.452 e. The smallest absolute Gasteiger partial charge is 0.203 e. The third-order valence-electron chi connectivity index (χ3n) is 3.28. The summed E-state index contributed by atoms with van der Waals surface area (Å²) in [5, 5.41) is 9.36. The fourth-order valence-corrected chi connectivity index (χ4v) is 2.61. The van der Waals surface area contributed by atoms with Crippen LogP contribution in [0.15, 0.2) is 34.9 Å². The molecule has 3 rings (SSSR count). The van der Waals surface area contributed by atoms with Crippen LogP contribution in [0.3, 0.4) is 0 Å². The van der Waals surface area contributed by atoms with E-state index in [1.54, 1.807) is 12.3 Å². The Morgan fingerprint density at radius 1 is 1.38 bits per heavy atom. The minimum atomic E-state index is 0.329. The van der Waals surface area contributed by atoms with Crippen LogP contribution in [-0.2, 0) is 6.54 Å². The summed E-state index contributed by atoms with van der Waals surface area (Å²) in [6.07, 6.45) is 1.55. The molecular weight excluding hydrogens is 286 g/mol. The number of hydrogen-bond donors (Lipinski definition) is 0. The Hall–Kier alpha value is -2.25. The summed E-state index contributed by atoms with van der Waals surface area (Å²) in [5.74, 6) is 1.23. The van der Waals surface area contributed by atoms with E-state index in [9.17, 15) is 0 Å². The molecule has 0 atom stereocenters. The van der Waals surface area contributed by atoms with Gasteiger partial charge in [0.15, 0.2) is 0 Å². The standard InChI is InChI=1S/C16H14ClN3O/c1-10(2)9-20-14-4-3-11(8-18)7-13(14)19-16(20)12-5-6-21-15(12)17/h3-7,10H,9H2,1-2H3. The summed E-state index contributed by atoms with van der Waals surface area (Å²) in [4.78, 5) is 4.65. The number of aromatic nitrogens is 2. The van der Waals surface area contributed by atoms with Crippen molar-refractivity contribution in [2.45, 2.75) is 20.4 Å². The second kappa shape index (κ2) is 5.27. The summed E-state index contributed by atoms with van der Waals surface area (Å²) >= 11 is 6.10. The van der Waals surface area contributed by atoms with Gasteiger partial charge in [0.25, 0.3) is 0 Å². The first-order valence-corrected chi connectivity index (χ1v) is 7.11. The number of rotatable bonds is 3. The van der Waals surface area contributed by atoms with E-state index in [1.807, 2.05) is 18.2 Å². The lowest BCUT2D eigenvalue weighted by molar-refractivity contribution is 0.535. The number of nitrogens with zero attached hydrogens (tertiary/aromatic N) is 3. The van der Waals surface area contributed by atoms with Crippen molar-refractivity contribution in [1.82, 2.24) is 9.55 Å². The molecule has 5 heteroatoms. The van der Waals surface area contributed by atoms with Crippen LogP contribution in [0.1, 0.15) is 19.4 Å². The zero-order valence-electron chi connectivity index (χ0n) is 11.8. The Morgan fingerprint density at radius 2 is 2.19 bits per heavy atom. The van der Waals surface area contributed by atoms with Crippen molar-refractivity contribution in [1.29, 1.82) is 5.26 Å². The summed E-state index contributed by atoms with van der Waals surface area (Å²) in [7, 11) is 0. The highest BCUT2D eigenvalue weighted by atomic mass is 35.5. The Morgan fingerprint density at radius 3 is 2.81 bits per heavy atom. The van der Waals surface area contributed by atoms with Crippen molar-refractivity contribution in [2.24, 2.45) is 5.92 Å². The first kappa shape index (κ1) is 13.7. The first-order valence-electron chi connectivity index (χ1n) is 6.74. The van der Waals surface area contributed by atoms with Gasteiger partial charge >= 0.3 is 0 Å². The Bertz CT molecular complexity index is 839. The molecular formula is C16H14ClN3O. The molecule has 4 nitrogen and oxygen atoms in total. The molecule has 0 spiro atoms. The van der Waals surface area contributed by atoms with Gasteiger partial charge in [0.2, 0.25) is 5.22 Å². The Kier molecular flexibility index (Phi) is 3.44. The normalized spacial score (nSPS) is 11.2. The number of benzene rings is 1. The maximum Gasteiger partial charge on any atom is 0.203 e. The van der Waals surface area contributed by atoms with Crippen LogP contribution >= 0.6 is 11.6 Å². The van der Waals surface area contributed by atoms with Crippen LogP contribution in [-0.4, -0.2) is 9.55 Å². The molecule has 2 aromatic heterocycles. The van der Waals surface area contributed by atoms with Gasteiger partial charge < -0.3 is 8.98 Å². The van der Waals surface area contributed by atoms with E-state index >= 15 is 0 Å². The first-order chi connectivity index (χ1) is 10.1. The summed E-state index contributed by atoms with van der Waals surface area (Å²) < 4.78 is 7.30. The van der Waals surface area contributed by atoms with Crippen LogP contribution in [0.2, 0.25) is 5.22 Å². The van der Waals surface area contributed by atoms with Gasteiger partial charge in [-0.05, 0) is 41.8 Å². The molecule has 21 heavy (non-hydrogen) atoms. The van der Waals surface area contributed by atoms with Crippen molar-refractivity contribution >= 4 is 22.6 Å². The van der Waals surface area contributed by atoms with Gasteiger partial charge in [-0.15, -0.1) is 0 Å². The molecule has 0 N–H and O–H groups in total. The highest BCUT2D eigenvalue weighted by Crippen LogP contribution is 2.32. The number of furan rings is 1. The van der Waals surface area contributed by atoms with Gasteiger partial charge in [-0.2, -0.15) is 5.26 Å². The zero-order chi connectivity index (χ0) is 15.0. The molecule has 0 bridgehead atoms. The number of nitriles is 1. The third kappa shape index (κ3) is 2.41. The highest BCUT2D eigenvalue weighted by molar-refractivity contribution is 6.31. The number of imidazole rings is 1. The number of fused-ring (bicyclic) bond motifs is 1. The topological polar surface area (TPSA) is 54.8 Å². The summed E-state index contributed by atoms with van der Waals surface area (Å²) in [6.45, 7) is 5.12. The van der Waals surface area contributed by atoms with Gasteiger partial charge in [0, 0.05) is 6.54 Å². The van der Waals surface area contributed by atoms with Crippen LogP contribution in [0.5, 0.6) is 0 Å². The molecule has 0 aliphatic carbocycles. The second-order valence-electron chi connectivity index (χ2n) is 5.36. The Labute approximate surface area is 127 Å². The molecule has 0 saturated carbocycles. The van der Waals surface area contributed by atoms with E-state index in [0.717, 1.165) is 29.0 Å². The molecule has 0 amide bonds. The van der Waals surface area contributed by atoms with Crippen molar-refractivity contribution in [3.63, 3.8) is 0 Å². The van der Waals surface area contributed by atoms with Crippen molar-refractivity contribution < 1.29 is 4.42 Å². The number of halogens is 1.